The molecule has 2 heterocycles. The molecule has 152 valence electrons. The standard InChI is InChI=1S/C21H18FN5O2S/c1-13-3-9-17(10-4-13)27-14(2)25-26-21(27)30-12-19-24-18(11-29-19)20(28)23-16-7-5-15(22)6-8-16/h3-11H,12H2,1-2H3,(H,23,28). The lowest BCUT2D eigenvalue weighted by Gasteiger charge is -2.08. The minimum Gasteiger partial charge on any atom is -0.447 e. The molecule has 2 aromatic heterocycles. The van der Waals surface area contributed by atoms with Crippen LogP contribution in [0.25, 0.3) is 5.69 Å². The molecule has 7 nitrogen and oxygen atoms in total. The number of thioether (sulfide) groups is 1. The Kier molecular flexibility index (Phi) is 5.62. The third-order valence-corrected chi connectivity index (χ3v) is 5.21. The largest absolute Gasteiger partial charge is 0.447 e. The lowest BCUT2D eigenvalue weighted by Crippen LogP contribution is -2.12. The second kappa shape index (κ2) is 8.50. The molecular weight excluding hydrogens is 405 g/mol. The van der Waals surface area contributed by atoms with Gasteiger partial charge < -0.3 is 9.73 Å². The summed E-state index contributed by atoms with van der Waals surface area (Å²) in [6, 6.07) is 13.6. The van der Waals surface area contributed by atoms with Crippen molar-refractivity contribution in [1.29, 1.82) is 0 Å². The average Bonchev–Trinajstić information content (AvgIpc) is 3.36. The quantitative estimate of drug-likeness (QED) is 0.458. The number of aryl methyl sites for hydroxylation is 2. The summed E-state index contributed by atoms with van der Waals surface area (Å²) in [5.74, 6) is 0.740. The highest BCUT2D eigenvalue weighted by molar-refractivity contribution is 7.98. The SMILES string of the molecule is Cc1ccc(-n2c(C)nnc2SCc2nc(C(=O)Nc3ccc(F)cc3)co2)cc1. The minimum absolute atomic E-state index is 0.145. The number of carbonyl (C=O) groups is 1. The number of halogens is 1. The molecule has 0 radical (unpaired) electrons. The third-order valence-electron chi connectivity index (χ3n) is 4.30. The monoisotopic (exact) mass is 423 g/mol. The number of hydrogen-bond acceptors (Lipinski definition) is 6. The number of aromatic nitrogens is 4. The fourth-order valence-corrected chi connectivity index (χ4v) is 3.61. The molecule has 9 heteroatoms. The Labute approximate surface area is 176 Å². The molecule has 4 aromatic rings. The summed E-state index contributed by atoms with van der Waals surface area (Å²) in [7, 11) is 0. The molecule has 0 aliphatic rings. The van der Waals surface area contributed by atoms with Gasteiger partial charge in [-0.25, -0.2) is 9.37 Å². The number of oxazole rings is 1. The number of anilines is 1. The van der Waals surface area contributed by atoms with E-state index in [-0.39, 0.29) is 11.5 Å². The van der Waals surface area contributed by atoms with E-state index < -0.39 is 5.91 Å². The van der Waals surface area contributed by atoms with Gasteiger partial charge in [0.15, 0.2) is 10.9 Å². The van der Waals surface area contributed by atoms with Gasteiger partial charge >= 0.3 is 0 Å². The molecule has 0 saturated heterocycles. The van der Waals surface area contributed by atoms with Crippen LogP contribution < -0.4 is 5.32 Å². The zero-order chi connectivity index (χ0) is 21.1. The van der Waals surface area contributed by atoms with Crippen LogP contribution in [0.1, 0.15) is 27.8 Å². The van der Waals surface area contributed by atoms with Crippen LogP contribution in [0, 0.1) is 19.7 Å². The average molecular weight is 423 g/mol. The predicted molar refractivity (Wildman–Crippen MR) is 111 cm³/mol. The molecule has 0 saturated carbocycles. The molecule has 2 aromatic carbocycles. The Morgan fingerprint density at radius 2 is 1.83 bits per heavy atom. The topological polar surface area (TPSA) is 85.8 Å². The lowest BCUT2D eigenvalue weighted by atomic mass is 10.2. The summed E-state index contributed by atoms with van der Waals surface area (Å²) >= 11 is 1.41. The highest BCUT2D eigenvalue weighted by atomic mass is 32.2. The van der Waals surface area contributed by atoms with Crippen LogP contribution in [-0.4, -0.2) is 25.7 Å². The van der Waals surface area contributed by atoms with E-state index in [9.17, 15) is 9.18 Å². The van der Waals surface area contributed by atoms with E-state index in [0.29, 0.717) is 22.5 Å². The second-order valence-electron chi connectivity index (χ2n) is 6.58. The summed E-state index contributed by atoms with van der Waals surface area (Å²) in [5, 5.41) is 11.7. The Hall–Kier alpha value is -3.46. The van der Waals surface area contributed by atoms with Gasteiger partial charge in [-0.1, -0.05) is 29.5 Å². The Morgan fingerprint density at radius 1 is 1.10 bits per heavy atom. The van der Waals surface area contributed by atoms with E-state index in [1.807, 2.05) is 42.7 Å². The fourth-order valence-electron chi connectivity index (χ4n) is 2.76. The number of carbonyl (C=O) groups excluding carboxylic acids is 1. The van der Waals surface area contributed by atoms with Gasteiger partial charge in [0, 0.05) is 11.4 Å². The first-order valence-corrected chi connectivity index (χ1v) is 10.1. The number of nitrogens with one attached hydrogen (secondary N) is 1. The zero-order valence-electron chi connectivity index (χ0n) is 16.3. The molecule has 0 fully saturated rings. The highest BCUT2D eigenvalue weighted by Crippen LogP contribution is 2.25. The van der Waals surface area contributed by atoms with Crippen molar-refractivity contribution in [2.45, 2.75) is 24.8 Å². The maximum atomic E-state index is 13.0. The van der Waals surface area contributed by atoms with Gasteiger partial charge in [0.2, 0.25) is 5.89 Å². The third kappa shape index (κ3) is 4.41. The van der Waals surface area contributed by atoms with Crippen molar-refractivity contribution in [3.05, 3.63) is 83.6 Å². The fraction of sp³-hybridized carbons (Fsp3) is 0.143. The first-order chi connectivity index (χ1) is 14.5. The number of amides is 1. The molecule has 30 heavy (non-hydrogen) atoms. The normalized spacial score (nSPS) is 10.9. The predicted octanol–water partition coefficient (Wildman–Crippen LogP) is 4.56. The molecule has 0 aliphatic heterocycles. The van der Waals surface area contributed by atoms with Gasteiger partial charge in [-0.2, -0.15) is 0 Å². The maximum absolute atomic E-state index is 13.0. The second-order valence-corrected chi connectivity index (χ2v) is 7.52. The summed E-state index contributed by atoms with van der Waals surface area (Å²) in [6.07, 6.45) is 1.30. The van der Waals surface area contributed by atoms with E-state index in [1.54, 1.807) is 0 Å². The minimum atomic E-state index is -0.430. The molecule has 0 aliphatic carbocycles. The van der Waals surface area contributed by atoms with Crippen LogP contribution in [0.5, 0.6) is 0 Å². The number of rotatable bonds is 6. The van der Waals surface area contributed by atoms with Crippen LogP contribution in [0.3, 0.4) is 0 Å². The van der Waals surface area contributed by atoms with Crippen molar-refractivity contribution in [3.63, 3.8) is 0 Å². The molecule has 0 spiro atoms. The maximum Gasteiger partial charge on any atom is 0.277 e. The molecule has 0 unspecified atom stereocenters. The van der Waals surface area contributed by atoms with Gasteiger partial charge in [0.25, 0.3) is 5.91 Å². The van der Waals surface area contributed by atoms with Crippen molar-refractivity contribution in [2.24, 2.45) is 0 Å². The van der Waals surface area contributed by atoms with Crippen LogP contribution in [0.15, 0.2) is 64.4 Å². The first kappa shape index (κ1) is 19.8. The van der Waals surface area contributed by atoms with Gasteiger partial charge in [-0.15, -0.1) is 10.2 Å². The van der Waals surface area contributed by atoms with Gasteiger partial charge in [0.05, 0.1) is 5.75 Å². The molecule has 0 bridgehead atoms. The van der Waals surface area contributed by atoms with Crippen molar-refractivity contribution in [1.82, 2.24) is 19.7 Å². The number of nitrogens with zero attached hydrogens (tertiary/aromatic N) is 4. The molecular formula is C21H18FN5O2S. The van der Waals surface area contributed by atoms with Crippen molar-refractivity contribution in [2.75, 3.05) is 5.32 Å². The van der Waals surface area contributed by atoms with Crippen molar-refractivity contribution in [3.8, 4) is 5.69 Å². The van der Waals surface area contributed by atoms with E-state index in [1.165, 1.54) is 47.9 Å². The molecule has 4 rings (SSSR count). The Balaban J connectivity index is 1.43. The molecule has 1 amide bonds. The first-order valence-electron chi connectivity index (χ1n) is 9.13. The highest BCUT2D eigenvalue weighted by Gasteiger charge is 2.16. The lowest BCUT2D eigenvalue weighted by molar-refractivity contribution is 0.102. The van der Waals surface area contributed by atoms with Crippen molar-refractivity contribution < 1.29 is 13.6 Å². The number of benzene rings is 2. The Bertz CT molecular complexity index is 1170. The van der Waals surface area contributed by atoms with Crippen LogP contribution in [0.2, 0.25) is 0 Å². The Morgan fingerprint density at radius 3 is 2.57 bits per heavy atom. The van der Waals surface area contributed by atoms with Crippen LogP contribution in [0.4, 0.5) is 10.1 Å². The molecule has 1 N–H and O–H groups in total. The zero-order valence-corrected chi connectivity index (χ0v) is 17.1. The summed E-state index contributed by atoms with van der Waals surface area (Å²) < 4.78 is 20.4. The van der Waals surface area contributed by atoms with Gasteiger partial charge in [-0.05, 0) is 50.2 Å². The van der Waals surface area contributed by atoms with E-state index in [2.05, 4.69) is 20.5 Å². The van der Waals surface area contributed by atoms with Crippen LogP contribution >= 0.6 is 11.8 Å². The smallest absolute Gasteiger partial charge is 0.277 e. The molecule has 0 atom stereocenters. The summed E-state index contributed by atoms with van der Waals surface area (Å²) in [4.78, 5) is 16.5. The van der Waals surface area contributed by atoms with E-state index in [0.717, 1.165) is 11.5 Å². The van der Waals surface area contributed by atoms with Gasteiger partial charge in [-0.3, -0.25) is 9.36 Å². The van der Waals surface area contributed by atoms with E-state index >= 15 is 0 Å². The number of hydrogen-bond donors (Lipinski definition) is 1. The summed E-state index contributed by atoms with van der Waals surface area (Å²) in [6.45, 7) is 3.92. The summed E-state index contributed by atoms with van der Waals surface area (Å²) in [5.41, 5.74) is 2.76. The van der Waals surface area contributed by atoms with Crippen molar-refractivity contribution >= 4 is 23.4 Å². The van der Waals surface area contributed by atoms with Crippen LogP contribution in [-0.2, 0) is 5.75 Å². The van der Waals surface area contributed by atoms with E-state index in [4.69, 9.17) is 4.42 Å². The van der Waals surface area contributed by atoms with Gasteiger partial charge in [0.1, 0.15) is 17.9 Å².